The average Bonchev–Trinajstić information content (AvgIpc) is 3.01. The number of dihydropyridines is 1. The summed E-state index contributed by atoms with van der Waals surface area (Å²) in [5.74, 6) is -0.706. The highest BCUT2D eigenvalue weighted by molar-refractivity contribution is 8.03. The number of carbonyl (C=O) groups is 2. The fourth-order valence-corrected chi connectivity index (χ4v) is 5.89. The van der Waals surface area contributed by atoms with Crippen LogP contribution < -0.4 is 20.1 Å². The number of nitrogens with one attached hydrogen (secondary N) is 2. The van der Waals surface area contributed by atoms with Gasteiger partial charge in [0.15, 0.2) is 11.5 Å². The Morgan fingerprint density at radius 2 is 1.89 bits per heavy atom. The van der Waals surface area contributed by atoms with Crippen LogP contribution in [0.5, 0.6) is 11.5 Å². The largest absolute Gasteiger partial charge is 0.493 e. The lowest BCUT2D eigenvalue weighted by Gasteiger charge is -2.29. The highest BCUT2D eigenvalue weighted by Crippen LogP contribution is 2.43. The number of methoxy groups -OCH3 is 1. The number of halogens is 1. The normalized spacial score (nSPS) is 14.3. The molecule has 4 rings (SSSR count). The zero-order valence-corrected chi connectivity index (χ0v) is 26.2. The van der Waals surface area contributed by atoms with Crippen LogP contribution in [-0.4, -0.2) is 31.3 Å². The number of aryl methyl sites for hydroxylation is 1. The first-order chi connectivity index (χ1) is 21.2. The summed E-state index contributed by atoms with van der Waals surface area (Å²) < 4.78 is 17.1. The van der Waals surface area contributed by atoms with Crippen molar-refractivity contribution < 1.29 is 23.8 Å². The van der Waals surface area contributed by atoms with Crippen molar-refractivity contribution in [3.8, 4) is 17.6 Å². The van der Waals surface area contributed by atoms with Gasteiger partial charge in [-0.15, -0.1) is 0 Å². The van der Waals surface area contributed by atoms with Gasteiger partial charge < -0.3 is 24.8 Å². The van der Waals surface area contributed by atoms with Gasteiger partial charge in [-0.1, -0.05) is 72.4 Å². The Morgan fingerprint density at radius 1 is 1.11 bits per heavy atom. The second kappa shape index (κ2) is 15.2. The summed E-state index contributed by atoms with van der Waals surface area (Å²) in [6, 6.07) is 22.6. The zero-order chi connectivity index (χ0) is 31.6. The third-order valence-corrected chi connectivity index (χ3v) is 7.87. The van der Waals surface area contributed by atoms with E-state index in [2.05, 4.69) is 23.3 Å². The molecule has 1 aliphatic rings. The topological polar surface area (TPSA) is 110 Å². The number of carbonyl (C=O) groups excluding carboxylic acids is 2. The van der Waals surface area contributed by atoms with Crippen LogP contribution in [-0.2, 0) is 20.9 Å². The van der Waals surface area contributed by atoms with Crippen molar-refractivity contribution in [3.05, 3.63) is 123 Å². The Balaban J connectivity index is 1.65. The number of thioether (sulfide) groups is 1. The number of allylic oxidation sites excluding steroid dienone is 2. The van der Waals surface area contributed by atoms with Gasteiger partial charge >= 0.3 is 5.97 Å². The lowest BCUT2D eigenvalue weighted by molar-refractivity contribution is -0.138. The van der Waals surface area contributed by atoms with E-state index in [1.54, 1.807) is 37.3 Å². The molecule has 1 amide bonds. The fraction of sp³-hybridized carbons (Fsp3) is 0.206. The fourth-order valence-electron chi connectivity index (χ4n) is 4.70. The number of esters is 1. The van der Waals surface area contributed by atoms with Gasteiger partial charge in [-0.25, -0.2) is 4.79 Å². The Labute approximate surface area is 266 Å². The first-order valence-corrected chi connectivity index (χ1v) is 15.0. The van der Waals surface area contributed by atoms with Crippen LogP contribution in [0.15, 0.2) is 101 Å². The summed E-state index contributed by atoms with van der Waals surface area (Å²) in [5, 5.41) is 17.4. The molecule has 3 aromatic rings. The number of nitriles is 1. The molecule has 1 heterocycles. The van der Waals surface area contributed by atoms with E-state index in [1.807, 2.05) is 43.3 Å². The van der Waals surface area contributed by atoms with Gasteiger partial charge in [0.25, 0.3) is 0 Å². The number of benzene rings is 3. The molecule has 0 aromatic heterocycles. The van der Waals surface area contributed by atoms with Gasteiger partial charge in [0.2, 0.25) is 5.91 Å². The summed E-state index contributed by atoms with van der Waals surface area (Å²) in [6.45, 7) is 7.58. The molecule has 3 aromatic carbocycles. The lowest BCUT2D eigenvalue weighted by atomic mass is 9.82. The number of amides is 1. The van der Waals surface area contributed by atoms with E-state index in [9.17, 15) is 14.9 Å². The van der Waals surface area contributed by atoms with E-state index >= 15 is 0 Å². The molecule has 0 fully saturated rings. The van der Waals surface area contributed by atoms with Crippen LogP contribution in [0, 0.1) is 18.3 Å². The predicted octanol–water partition coefficient (Wildman–Crippen LogP) is 7.03. The van der Waals surface area contributed by atoms with Crippen molar-refractivity contribution in [3.63, 3.8) is 0 Å². The van der Waals surface area contributed by atoms with Crippen molar-refractivity contribution >= 4 is 40.9 Å². The standard InChI is InChI=1S/C34H32ClN3O5S/c1-5-13-42-34(40)31-22(3)37-33(44-20-30(39)38-26-15-21(2)14-25(35)17-26)27(18-36)32(31)24-11-12-28(29(16-24)41-4)43-19-23-9-7-6-8-10-23/h5-12,14-17,32,37H,1,13,19-20H2,2-4H3,(H,38,39). The molecular formula is C34H32ClN3O5S. The van der Waals surface area contributed by atoms with Crippen LogP contribution in [0.1, 0.15) is 29.5 Å². The van der Waals surface area contributed by atoms with E-state index in [4.69, 9.17) is 25.8 Å². The minimum absolute atomic E-state index is 0.00486. The number of hydrogen-bond donors (Lipinski definition) is 2. The van der Waals surface area contributed by atoms with E-state index < -0.39 is 11.9 Å². The number of rotatable bonds is 12. The van der Waals surface area contributed by atoms with Crippen molar-refractivity contribution in [1.29, 1.82) is 5.26 Å². The summed E-state index contributed by atoms with van der Waals surface area (Å²) in [5.41, 5.74) is 4.14. The maximum atomic E-state index is 13.3. The molecule has 0 saturated carbocycles. The molecule has 226 valence electrons. The molecule has 0 spiro atoms. The summed E-state index contributed by atoms with van der Waals surface area (Å²) in [7, 11) is 1.53. The minimum Gasteiger partial charge on any atom is -0.493 e. The Hall–Kier alpha value is -4.65. The maximum Gasteiger partial charge on any atom is 0.337 e. The first-order valence-electron chi connectivity index (χ1n) is 13.7. The van der Waals surface area contributed by atoms with Gasteiger partial charge in [-0.05, 0) is 60.9 Å². The molecule has 10 heteroatoms. The van der Waals surface area contributed by atoms with Crippen molar-refractivity contribution in [1.82, 2.24) is 5.32 Å². The zero-order valence-electron chi connectivity index (χ0n) is 24.6. The van der Waals surface area contributed by atoms with Gasteiger partial charge in [-0.2, -0.15) is 5.26 Å². The molecule has 44 heavy (non-hydrogen) atoms. The lowest BCUT2D eigenvalue weighted by Crippen LogP contribution is -2.29. The van der Waals surface area contributed by atoms with E-state index in [0.717, 1.165) is 22.9 Å². The molecule has 8 nitrogen and oxygen atoms in total. The minimum atomic E-state index is -0.795. The SMILES string of the molecule is C=CCOC(=O)C1=C(C)NC(SCC(=O)Nc2cc(C)cc(Cl)c2)=C(C#N)C1c1ccc(OCc2ccccc2)c(OC)c1. The van der Waals surface area contributed by atoms with E-state index in [-0.39, 0.29) is 29.4 Å². The van der Waals surface area contributed by atoms with E-state index in [1.165, 1.54) is 13.2 Å². The van der Waals surface area contributed by atoms with Crippen molar-refractivity contribution in [2.24, 2.45) is 0 Å². The Bertz CT molecular complexity index is 1640. The highest BCUT2D eigenvalue weighted by atomic mass is 35.5. The summed E-state index contributed by atoms with van der Waals surface area (Å²) >= 11 is 7.29. The predicted molar refractivity (Wildman–Crippen MR) is 173 cm³/mol. The van der Waals surface area contributed by atoms with Gasteiger partial charge in [0.05, 0.1) is 41.0 Å². The number of nitrogens with zero attached hydrogens (tertiary/aromatic N) is 1. The summed E-state index contributed by atoms with van der Waals surface area (Å²) in [4.78, 5) is 26.1. The highest BCUT2D eigenvalue weighted by Gasteiger charge is 2.36. The first kappa shape index (κ1) is 32.3. The van der Waals surface area contributed by atoms with Crippen molar-refractivity contribution in [2.75, 3.05) is 24.8 Å². The summed E-state index contributed by atoms with van der Waals surface area (Å²) in [6.07, 6.45) is 1.48. The molecule has 1 aliphatic heterocycles. The smallest absolute Gasteiger partial charge is 0.337 e. The molecule has 1 unspecified atom stereocenters. The van der Waals surface area contributed by atoms with Crippen molar-refractivity contribution in [2.45, 2.75) is 26.4 Å². The van der Waals surface area contributed by atoms with E-state index in [0.29, 0.717) is 45.1 Å². The molecule has 1 atom stereocenters. The number of anilines is 1. The van der Waals surface area contributed by atoms with Gasteiger partial charge in [0.1, 0.15) is 13.2 Å². The average molecular weight is 630 g/mol. The molecular weight excluding hydrogens is 598 g/mol. The van der Waals surface area contributed by atoms with Crippen LogP contribution in [0.25, 0.3) is 0 Å². The monoisotopic (exact) mass is 629 g/mol. The van der Waals surface area contributed by atoms with Crippen LogP contribution in [0.2, 0.25) is 5.02 Å². The maximum absolute atomic E-state index is 13.3. The van der Waals surface area contributed by atoms with Crippen LogP contribution in [0.3, 0.4) is 0 Å². The molecule has 0 aliphatic carbocycles. The molecule has 2 N–H and O–H groups in total. The van der Waals surface area contributed by atoms with Gasteiger partial charge in [-0.3, -0.25) is 4.79 Å². The quantitative estimate of drug-likeness (QED) is 0.162. The van der Waals surface area contributed by atoms with Gasteiger partial charge in [0, 0.05) is 16.4 Å². The Morgan fingerprint density at radius 3 is 2.57 bits per heavy atom. The number of hydrogen-bond acceptors (Lipinski definition) is 8. The van der Waals surface area contributed by atoms with Crippen LogP contribution >= 0.6 is 23.4 Å². The molecule has 0 radical (unpaired) electrons. The molecule has 0 bridgehead atoms. The second-order valence-corrected chi connectivity index (χ2v) is 11.3. The third-order valence-electron chi connectivity index (χ3n) is 6.63. The Kier molecular flexibility index (Phi) is 11.1. The molecule has 0 saturated heterocycles. The second-order valence-electron chi connectivity index (χ2n) is 9.88. The number of ether oxygens (including phenoxy) is 3. The van der Waals surface area contributed by atoms with Crippen LogP contribution in [0.4, 0.5) is 5.69 Å². The third kappa shape index (κ3) is 8.04.